The summed E-state index contributed by atoms with van der Waals surface area (Å²) in [6.45, 7) is 6.10. The number of rotatable bonds is 4. The summed E-state index contributed by atoms with van der Waals surface area (Å²) in [7, 11) is 0. The standard InChI is InChI=1S/C14H16N2O/c1-3-16(4-2)13-7-5-6-11-8-9-12(10-17)15-14(11)13/h5-10H,3-4H2,1-2H3. The Hall–Kier alpha value is -1.90. The monoisotopic (exact) mass is 228 g/mol. The Kier molecular flexibility index (Phi) is 3.38. The minimum atomic E-state index is 0.483. The number of pyridine rings is 1. The molecule has 0 amide bonds. The molecule has 0 aliphatic rings. The van der Waals surface area contributed by atoms with Crippen molar-refractivity contribution in [2.75, 3.05) is 18.0 Å². The summed E-state index contributed by atoms with van der Waals surface area (Å²) in [4.78, 5) is 17.4. The van der Waals surface area contributed by atoms with E-state index in [1.165, 1.54) is 0 Å². The Labute approximate surface area is 101 Å². The highest BCUT2D eigenvalue weighted by atomic mass is 16.1. The van der Waals surface area contributed by atoms with Crippen molar-refractivity contribution in [2.24, 2.45) is 0 Å². The molecular formula is C14H16N2O. The zero-order valence-corrected chi connectivity index (χ0v) is 10.2. The van der Waals surface area contributed by atoms with Crippen molar-refractivity contribution in [3.8, 4) is 0 Å². The smallest absolute Gasteiger partial charge is 0.168 e. The summed E-state index contributed by atoms with van der Waals surface area (Å²) in [5, 5.41) is 1.07. The Morgan fingerprint density at radius 2 is 1.94 bits per heavy atom. The first-order valence-corrected chi connectivity index (χ1v) is 5.90. The van der Waals surface area contributed by atoms with Gasteiger partial charge in [-0.2, -0.15) is 0 Å². The number of nitrogens with zero attached hydrogens (tertiary/aromatic N) is 2. The highest BCUT2D eigenvalue weighted by Crippen LogP contribution is 2.24. The predicted molar refractivity (Wildman–Crippen MR) is 70.7 cm³/mol. The van der Waals surface area contributed by atoms with Crippen molar-refractivity contribution in [2.45, 2.75) is 13.8 Å². The minimum Gasteiger partial charge on any atom is -0.370 e. The minimum absolute atomic E-state index is 0.483. The molecular weight excluding hydrogens is 212 g/mol. The highest BCUT2D eigenvalue weighted by molar-refractivity contribution is 5.92. The molecule has 0 saturated heterocycles. The largest absolute Gasteiger partial charge is 0.370 e. The van der Waals surface area contributed by atoms with Crippen LogP contribution in [0.5, 0.6) is 0 Å². The van der Waals surface area contributed by atoms with Gasteiger partial charge in [-0.3, -0.25) is 4.79 Å². The van der Waals surface area contributed by atoms with Crippen LogP contribution in [-0.2, 0) is 0 Å². The average molecular weight is 228 g/mol. The van der Waals surface area contributed by atoms with Crippen LogP contribution in [0.1, 0.15) is 24.3 Å². The van der Waals surface area contributed by atoms with Crippen LogP contribution in [0.15, 0.2) is 30.3 Å². The maximum atomic E-state index is 10.8. The van der Waals surface area contributed by atoms with Crippen LogP contribution >= 0.6 is 0 Å². The Balaban J connectivity index is 2.65. The number of hydrogen-bond acceptors (Lipinski definition) is 3. The van der Waals surface area contributed by atoms with E-state index in [-0.39, 0.29) is 0 Å². The SMILES string of the molecule is CCN(CC)c1cccc2ccc(C=O)nc12. The fraction of sp³-hybridized carbons (Fsp3) is 0.286. The molecule has 0 unspecified atom stereocenters. The van der Waals surface area contributed by atoms with Gasteiger partial charge in [0.05, 0.1) is 11.2 Å². The highest BCUT2D eigenvalue weighted by Gasteiger charge is 2.08. The van der Waals surface area contributed by atoms with Crippen LogP contribution < -0.4 is 4.90 Å². The summed E-state index contributed by atoms with van der Waals surface area (Å²) in [5.41, 5.74) is 2.48. The van der Waals surface area contributed by atoms with E-state index in [9.17, 15) is 4.79 Å². The topological polar surface area (TPSA) is 33.2 Å². The molecule has 0 fully saturated rings. The van der Waals surface area contributed by atoms with Crippen LogP contribution in [0.25, 0.3) is 10.9 Å². The van der Waals surface area contributed by atoms with E-state index < -0.39 is 0 Å². The second-order valence-corrected chi connectivity index (χ2v) is 3.88. The van der Waals surface area contributed by atoms with Crippen molar-refractivity contribution < 1.29 is 4.79 Å². The Morgan fingerprint density at radius 3 is 2.59 bits per heavy atom. The lowest BCUT2D eigenvalue weighted by Crippen LogP contribution is -2.22. The van der Waals surface area contributed by atoms with E-state index in [0.717, 1.165) is 36.0 Å². The lowest BCUT2D eigenvalue weighted by molar-refractivity contribution is 0.111. The Morgan fingerprint density at radius 1 is 1.18 bits per heavy atom. The number of hydrogen-bond donors (Lipinski definition) is 0. The zero-order chi connectivity index (χ0) is 12.3. The van der Waals surface area contributed by atoms with Gasteiger partial charge in [-0.05, 0) is 26.0 Å². The van der Waals surface area contributed by atoms with Gasteiger partial charge >= 0.3 is 0 Å². The number of aldehydes is 1. The summed E-state index contributed by atoms with van der Waals surface area (Å²) in [5.74, 6) is 0. The predicted octanol–water partition coefficient (Wildman–Crippen LogP) is 2.89. The maximum absolute atomic E-state index is 10.8. The zero-order valence-electron chi connectivity index (χ0n) is 10.2. The van der Waals surface area contributed by atoms with E-state index in [4.69, 9.17) is 0 Å². The number of aromatic nitrogens is 1. The van der Waals surface area contributed by atoms with E-state index in [1.807, 2.05) is 18.2 Å². The molecule has 1 heterocycles. The molecule has 3 heteroatoms. The van der Waals surface area contributed by atoms with Crippen molar-refractivity contribution in [3.63, 3.8) is 0 Å². The lowest BCUT2D eigenvalue weighted by Gasteiger charge is -2.22. The van der Waals surface area contributed by atoms with Crippen LogP contribution in [0.3, 0.4) is 0 Å². The number of carbonyl (C=O) groups is 1. The second kappa shape index (κ2) is 4.95. The third-order valence-electron chi connectivity index (χ3n) is 2.95. The normalized spacial score (nSPS) is 10.5. The van der Waals surface area contributed by atoms with Gasteiger partial charge in [-0.1, -0.05) is 18.2 Å². The molecule has 0 bridgehead atoms. The van der Waals surface area contributed by atoms with Gasteiger partial charge < -0.3 is 4.90 Å². The van der Waals surface area contributed by atoms with E-state index in [1.54, 1.807) is 6.07 Å². The molecule has 0 atom stereocenters. The number of benzene rings is 1. The molecule has 0 N–H and O–H groups in total. The summed E-state index contributed by atoms with van der Waals surface area (Å²) >= 11 is 0. The van der Waals surface area contributed by atoms with Crippen LogP contribution in [0.2, 0.25) is 0 Å². The molecule has 88 valence electrons. The molecule has 2 aromatic rings. The molecule has 0 aliphatic carbocycles. The molecule has 0 radical (unpaired) electrons. The molecule has 3 nitrogen and oxygen atoms in total. The number of carbonyl (C=O) groups excluding carboxylic acids is 1. The summed E-state index contributed by atoms with van der Waals surface area (Å²) in [6, 6.07) is 9.79. The number of para-hydroxylation sites is 1. The Bertz CT molecular complexity index is 533. The van der Waals surface area contributed by atoms with Gasteiger partial charge in [0.25, 0.3) is 0 Å². The van der Waals surface area contributed by atoms with Gasteiger partial charge in [0, 0.05) is 18.5 Å². The van der Waals surface area contributed by atoms with E-state index in [2.05, 4.69) is 29.8 Å². The van der Waals surface area contributed by atoms with Gasteiger partial charge in [-0.15, -0.1) is 0 Å². The first-order valence-electron chi connectivity index (χ1n) is 5.90. The van der Waals surface area contributed by atoms with Gasteiger partial charge in [0.15, 0.2) is 6.29 Å². The van der Waals surface area contributed by atoms with Crippen molar-refractivity contribution >= 4 is 22.9 Å². The molecule has 0 spiro atoms. The quantitative estimate of drug-likeness (QED) is 0.754. The van der Waals surface area contributed by atoms with Crippen LogP contribution in [0, 0.1) is 0 Å². The third kappa shape index (κ3) is 2.13. The fourth-order valence-electron chi connectivity index (χ4n) is 2.03. The molecule has 17 heavy (non-hydrogen) atoms. The first kappa shape index (κ1) is 11.6. The average Bonchev–Trinajstić information content (AvgIpc) is 2.40. The third-order valence-corrected chi connectivity index (χ3v) is 2.95. The van der Waals surface area contributed by atoms with Gasteiger partial charge in [0.2, 0.25) is 0 Å². The summed E-state index contributed by atoms with van der Waals surface area (Å²) < 4.78 is 0. The molecule has 2 rings (SSSR count). The van der Waals surface area contributed by atoms with E-state index >= 15 is 0 Å². The van der Waals surface area contributed by atoms with Gasteiger partial charge in [-0.25, -0.2) is 4.98 Å². The molecule has 1 aromatic carbocycles. The fourth-order valence-corrected chi connectivity index (χ4v) is 2.03. The van der Waals surface area contributed by atoms with Gasteiger partial charge in [0.1, 0.15) is 5.69 Å². The van der Waals surface area contributed by atoms with Crippen molar-refractivity contribution in [1.29, 1.82) is 0 Å². The first-order chi connectivity index (χ1) is 8.30. The van der Waals surface area contributed by atoms with E-state index in [0.29, 0.717) is 5.69 Å². The number of fused-ring (bicyclic) bond motifs is 1. The van der Waals surface area contributed by atoms with Crippen molar-refractivity contribution in [1.82, 2.24) is 4.98 Å². The lowest BCUT2D eigenvalue weighted by atomic mass is 10.1. The summed E-state index contributed by atoms with van der Waals surface area (Å²) in [6.07, 6.45) is 0.790. The number of anilines is 1. The van der Waals surface area contributed by atoms with Crippen LogP contribution in [0.4, 0.5) is 5.69 Å². The van der Waals surface area contributed by atoms with Crippen molar-refractivity contribution in [3.05, 3.63) is 36.0 Å². The maximum Gasteiger partial charge on any atom is 0.168 e. The molecule has 0 aliphatic heterocycles. The second-order valence-electron chi connectivity index (χ2n) is 3.88. The molecule has 0 saturated carbocycles. The van der Waals surface area contributed by atoms with Crippen LogP contribution in [-0.4, -0.2) is 24.4 Å². The molecule has 1 aromatic heterocycles.